The number of ether oxygens (including phenoxy) is 1. The van der Waals surface area contributed by atoms with Crippen molar-refractivity contribution in [3.63, 3.8) is 0 Å². The molecule has 5 heteroatoms. The zero-order chi connectivity index (χ0) is 13.4. The number of benzene rings is 1. The number of hydrogen-bond donors (Lipinski definition) is 1. The highest BCUT2D eigenvalue weighted by Crippen LogP contribution is 2.13. The van der Waals surface area contributed by atoms with Gasteiger partial charge in [-0.2, -0.15) is 0 Å². The molecule has 2 atom stereocenters. The first-order valence-corrected chi connectivity index (χ1v) is 7.01. The molecule has 4 nitrogen and oxygen atoms in total. The Labute approximate surface area is 110 Å². The van der Waals surface area contributed by atoms with Gasteiger partial charge in [0.2, 0.25) is 0 Å². The number of methoxy groups -OCH3 is 1. The van der Waals surface area contributed by atoms with Gasteiger partial charge in [-0.05, 0) is 24.8 Å². The highest BCUT2D eigenvalue weighted by atomic mass is 32.2. The van der Waals surface area contributed by atoms with Gasteiger partial charge in [-0.3, -0.25) is 4.79 Å². The monoisotopic (exact) mass is 270 g/mol. The van der Waals surface area contributed by atoms with Crippen LogP contribution in [0.25, 0.3) is 0 Å². The van der Waals surface area contributed by atoms with E-state index in [1.165, 1.54) is 7.11 Å². The molecule has 0 amide bonds. The molecule has 0 saturated carbocycles. The minimum absolute atomic E-state index is 0.280. The summed E-state index contributed by atoms with van der Waals surface area (Å²) >= 11 is -1.87. The van der Waals surface area contributed by atoms with Crippen LogP contribution >= 0.6 is 0 Å². The Balaban J connectivity index is 2.46. The zero-order valence-electron chi connectivity index (χ0n) is 10.4. The molecule has 18 heavy (non-hydrogen) atoms. The van der Waals surface area contributed by atoms with Crippen molar-refractivity contribution in [2.24, 2.45) is 0 Å². The number of carbonyl (C=O) groups is 1. The predicted molar refractivity (Wildman–Crippen MR) is 70.6 cm³/mol. The average molecular weight is 270 g/mol. The summed E-state index contributed by atoms with van der Waals surface area (Å²) in [5.41, 5.74) is 1.03. The van der Waals surface area contributed by atoms with Crippen LogP contribution in [-0.2, 0) is 27.0 Å². The fourth-order valence-electron chi connectivity index (χ4n) is 1.73. The second-order valence-corrected chi connectivity index (χ2v) is 5.28. The van der Waals surface area contributed by atoms with Crippen molar-refractivity contribution in [2.45, 2.75) is 30.9 Å². The third-order valence-corrected chi connectivity index (χ3v) is 3.70. The van der Waals surface area contributed by atoms with E-state index in [4.69, 9.17) is 0 Å². The maximum atomic E-state index is 11.2. The fraction of sp³-hybridized carbons (Fsp3) is 0.462. The van der Waals surface area contributed by atoms with Crippen molar-refractivity contribution < 1.29 is 18.3 Å². The van der Waals surface area contributed by atoms with E-state index < -0.39 is 11.1 Å². The summed E-state index contributed by atoms with van der Waals surface area (Å²) in [5, 5.41) is -0.336. The second-order valence-electron chi connectivity index (χ2n) is 4.06. The van der Waals surface area contributed by atoms with Crippen LogP contribution in [0.1, 0.15) is 24.8 Å². The SMILES string of the molecule is COC(=O)CCCC(Cc1ccccc1)S(=O)O. The van der Waals surface area contributed by atoms with Crippen molar-refractivity contribution in [1.29, 1.82) is 0 Å². The van der Waals surface area contributed by atoms with Crippen LogP contribution in [0.15, 0.2) is 30.3 Å². The van der Waals surface area contributed by atoms with Crippen LogP contribution in [0.5, 0.6) is 0 Å². The third-order valence-electron chi connectivity index (χ3n) is 2.73. The third kappa shape index (κ3) is 5.42. The first-order chi connectivity index (χ1) is 8.63. The van der Waals surface area contributed by atoms with E-state index in [9.17, 15) is 13.6 Å². The molecule has 1 N–H and O–H groups in total. The van der Waals surface area contributed by atoms with E-state index >= 15 is 0 Å². The normalized spacial score (nSPS) is 13.9. The van der Waals surface area contributed by atoms with Crippen LogP contribution in [-0.4, -0.2) is 27.1 Å². The molecule has 0 aliphatic heterocycles. The highest BCUT2D eigenvalue weighted by Gasteiger charge is 2.16. The summed E-state index contributed by atoms with van der Waals surface area (Å²) in [6, 6.07) is 9.58. The number of carbonyl (C=O) groups excluding carboxylic acids is 1. The predicted octanol–water partition coefficient (Wildman–Crippen LogP) is 2.16. The van der Waals surface area contributed by atoms with Crippen LogP contribution in [0.4, 0.5) is 0 Å². The van der Waals surface area contributed by atoms with Gasteiger partial charge in [0.1, 0.15) is 0 Å². The number of hydrogen-bond acceptors (Lipinski definition) is 3. The molecule has 100 valence electrons. The summed E-state index contributed by atoms with van der Waals surface area (Å²) in [5.74, 6) is -0.280. The molecule has 2 unspecified atom stereocenters. The summed E-state index contributed by atoms with van der Waals surface area (Å²) < 4.78 is 25.0. The fourth-order valence-corrected chi connectivity index (χ4v) is 2.43. The van der Waals surface area contributed by atoms with E-state index in [-0.39, 0.29) is 11.2 Å². The zero-order valence-corrected chi connectivity index (χ0v) is 11.2. The highest BCUT2D eigenvalue weighted by molar-refractivity contribution is 7.79. The van der Waals surface area contributed by atoms with Gasteiger partial charge in [0, 0.05) is 6.42 Å². The molecule has 0 radical (unpaired) electrons. The van der Waals surface area contributed by atoms with Crippen LogP contribution in [0.3, 0.4) is 0 Å². The van der Waals surface area contributed by atoms with Crippen molar-refractivity contribution in [3.05, 3.63) is 35.9 Å². The Morgan fingerprint density at radius 2 is 2.06 bits per heavy atom. The molecule has 0 spiro atoms. The summed E-state index contributed by atoms with van der Waals surface area (Å²) in [6.07, 6.45) is 1.94. The molecule has 1 rings (SSSR count). The Bertz CT molecular complexity index is 391. The van der Waals surface area contributed by atoms with Gasteiger partial charge >= 0.3 is 5.97 Å². The smallest absolute Gasteiger partial charge is 0.305 e. The quantitative estimate of drug-likeness (QED) is 0.609. The summed E-state index contributed by atoms with van der Waals surface area (Å²) in [7, 11) is 1.34. The molecular formula is C13H18O4S. The molecule has 0 fully saturated rings. The summed E-state index contributed by atoms with van der Waals surface area (Å²) in [4.78, 5) is 11.0. The largest absolute Gasteiger partial charge is 0.469 e. The maximum absolute atomic E-state index is 11.2. The van der Waals surface area contributed by atoms with Gasteiger partial charge in [0.05, 0.1) is 12.4 Å². The van der Waals surface area contributed by atoms with Crippen LogP contribution in [0.2, 0.25) is 0 Å². The van der Waals surface area contributed by atoms with Crippen LogP contribution in [0, 0.1) is 0 Å². The standard InChI is InChI=1S/C13H18O4S/c1-17-13(14)9-5-8-12(18(15)16)10-11-6-3-2-4-7-11/h2-4,6-7,12H,5,8-10H2,1H3,(H,15,16). The Morgan fingerprint density at radius 1 is 1.39 bits per heavy atom. The molecule has 1 aromatic carbocycles. The molecule has 0 heterocycles. The van der Waals surface area contributed by atoms with E-state index in [0.717, 1.165) is 5.56 Å². The second kappa shape index (κ2) is 8.00. The van der Waals surface area contributed by atoms with E-state index in [2.05, 4.69) is 4.74 Å². The molecule has 0 aromatic heterocycles. The van der Waals surface area contributed by atoms with E-state index in [1.807, 2.05) is 30.3 Å². The molecule has 0 aliphatic carbocycles. The first-order valence-electron chi connectivity index (χ1n) is 5.84. The maximum Gasteiger partial charge on any atom is 0.305 e. The molecule has 0 bridgehead atoms. The lowest BCUT2D eigenvalue weighted by atomic mass is 10.1. The summed E-state index contributed by atoms with van der Waals surface area (Å²) in [6.45, 7) is 0. The number of esters is 1. The molecule has 1 aromatic rings. The lowest BCUT2D eigenvalue weighted by Gasteiger charge is -2.12. The van der Waals surface area contributed by atoms with Gasteiger partial charge in [-0.25, -0.2) is 4.21 Å². The van der Waals surface area contributed by atoms with Gasteiger partial charge in [-0.15, -0.1) is 0 Å². The number of rotatable bonds is 7. The Hall–Kier alpha value is -1.20. The van der Waals surface area contributed by atoms with Gasteiger partial charge in [0.15, 0.2) is 11.1 Å². The van der Waals surface area contributed by atoms with Gasteiger partial charge in [0.25, 0.3) is 0 Å². The lowest BCUT2D eigenvalue weighted by molar-refractivity contribution is -0.140. The molecule has 0 saturated heterocycles. The molecular weight excluding hydrogens is 252 g/mol. The molecule has 0 aliphatic rings. The van der Waals surface area contributed by atoms with Crippen molar-refractivity contribution >= 4 is 17.0 Å². The Morgan fingerprint density at radius 3 is 2.61 bits per heavy atom. The first kappa shape index (κ1) is 14.9. The van der Waals surface area contributed by atoms with Gasteiger partial charge in [-0.1, -0.05) is 30.3 Å². The topological polar surface area (TPSA) is 63.6 Å². The van der Waals surface area contributed by atoms with Crippen LogP contribution < -0.4 is 0 Å². The minimum Gasteiger partial charge on any atom is -0.469 e. The van der Waals surface area contributed by atoms with Crippen molar-refractivity contribution in [3.8, 4) is 0 Å². The average Bonchev–Trinajstić information content (AvgIpc) is 2.38. The van der Waals surface area contributed by atoms with Crippen molar-refractivity contribution in [2.75, 3.05) is 7.11 Å². The Kier molecular flexibility index (Phi) is 6.60. The van der Waals surface area contributed by atoms with Crippen molar-refractivity contribution in [1.82, 2.24) is 0 Å². The van der Waals surface area contributed by atoms with E-state index in [1.54, 1.807) is 0 Å². The van der Waals surface area contributed by atoms with E-state index in [0.29, 0.717) is 25.7 Å². The lowest BCUT2D eigenvalue weighted by Crippen LogP contribution is -2.18. The van der Waals surface area contributed by atoms with Gasteiger partial charge < -0.3 is 9.29 Å². The minimum atomic E-state index is -1.87.